The smallest absolute Gasteiger partial charge is 0.255 e. The monoisotopic (exact) mass is 318 g/mol. The lowest BCUT2D eigenvalue weighted by molar-refractivity contribution is -0.0586. The number of benzene rings is 1. The van der Waals surface area contributed by atoms with Crippen molar-refractivity contribution >= 4 is 28.4 Å². The first-order valence-electron chi connectivity index (χ1n) is 7.45. The molecule has 3 rings (SSSR count). The molecule has 0 saturated carbocycles. The minimum atomic E-state index is 0.00822. The van der Waals surface area contributed by atoms with Gasteiger partial charge < -0.3 is 9.64 Å². The van der Waals surface area contributed by atoms with Crippen LogP contribution in [0.1, 0.15) is 29.9 Å². The molecule has 0 N–H and O–H groups in total. The van der Waals surface area contributed by atoms with Crippen molar-refractivity contribution in [2.75, 3.05) is 13.1 Å². The number of rotatable bonds is 1. The number of aryl methyl sites for hydroxylation is 1. The SMILES string of the molecule is Cc1nc2ccc(Cl)cc2cc1C(=O)N1C[C@@H](C)O[C@@H](C)C1. The summed E-state index contributed by atoms with van der Waals surface area (Å²) in [4.78, 5) is 19.2. The predicted molar refractivity (Wildman–Crippen MR) is 87.4 cm³/mol. The Morgan fingerprint density at radius 2 is 1.95 bits per heavy atom. The van der Waals surface area contributed by atoms with Gasteiger partial charge in [-0.3, -0.25) is 9.78 Å². The number of ether oxygens (including phenoxy) is 1. The van der Waals surface area contributed by atoms with E-state index in [9.17, 15) is 4.79 Å². The molecule has 22 heavy (non-hydrogen) atoms. The molecule has 1 aromatic heterocycles. The standard InChI is InChI=1S/C17H19ClN2O2/c1-10-8-20(9-11(2)22-10)17(21)15-7-13-6-14(18)4-5-16(13)19-12(15)3/h4-7,10-11H,8-9H2,1-3H3/t10-,11+. The molecule has 1 fully saturated rings. The molecule has 5 heteroatoms. The fourth-order valence-corrected chi connectivity index (χ4v) is 3.15. The van der Waals surface area contributed by atoms with Crippen molar-refractivity contribution in [3.05, 3.63) is 40.5 Å². The third-order valence-electron chi connectivity index (χ3n) is 3.90. The molecular weight excluding hydrogens is 300 g/mol. The highest BCUT2D eigenvalue weighted by atomic mass is 35.5. The largest absolute Gasteiger partial charge is 0.372 e. The molecule has 116 valence electrons. The molecule has 2 atom stereocenters. The fraction of sp³-hybridized carbons (Fsp3) is 0.412. The minimum Gasteiger partial charge on any atom is -0.372 e. The maximum Gasteiger partial charge on any atom is 0.255 e. The third kappa shape index (κ3) is 2.94. The molecule has 1 saturated heterocycles. The van der Waals surface area contributed by atoms with Crippen molar-refractivity contribution in [1.82, 2.24) is 9.88 Å². The number of carbonyl (C=O) groups is 1. The Kier molecular flexibility index (Phi) is 4.06. The average molecular weight is 319 g/mol. The Morgan fingerprint density at radius 3 is 2.64 bits per heavy atom. The first kappa shape index (κ1) is 15.3. The van der Waals surface area contributed by atoms with Crippen LogP contribution in [0.25, 0.3) is 10.9 Å². The summed E-state index contributed by atoms with van der Waals surface area (Å²) in [5.41, 5.74) is 2.23. The van der Waals surface area contributed by atoms with E-state index in [1.54, 1.807) is 0 Å². The maximum absolute atomic E-state index is 12.8. The van der Waals surface area contributed by atoms with Gasteiger partial charge in [0, 0.05) is 23.5 Å². The zero-order chi connectivity index (χ0) is 15.9. The number of amides is 1. The van der Waals surface area contributed by atoms with E-state index in [-0.39, 0.29) is 18.1 Å². The number of hydrogen-bond acceptors (Lipinski definition) is 3. The molecule has 0 radical (unpaired) electrons. The number of hydrogen-bond donors (Lipinski definition) is 0. The van der Waals surface area contributed by atoms with Crippen LogP contribution in [0.3, 0.4) is 0 Å². The Labute approximate surface area is 135 Å². The number of carbonyl (C=O) groups excluding carboxylic acids is 1. The van der Waals surface area contributed by atoms with Crippen molar-refractivity contribution in [1.29, 1.82) is 0 Å². The van der Waals surface area contributed by atoms with Crippen LogP contribution in [0, 0.1) is 6.92 Å². The Hall–Kier alpha value is -1.65. The van der Waals surface area contributed by atoms with Gasteiger partial charge in [0.1, 0.15) is 0 Å². The number of halogens is 1. The van der Waals surface area contributed by atoms with E-state index < -0.39 is 0 Å². The van der Waals surface area contributed by atoms with E-state index in [1.165, 1.54) is 0 Å². The van der Waals surface area contributed by atoms with E-state index in [2.05, 4.69) is 4.98 Å². The third-order valence-corrected chi connectivity index (χ3v) is 4.14. The van der Waals surface area contributed by atoms with Gasteiger partial charge in [0.2, 0.25) is 0 Å². The Balaban J connectivity index is 1.98. The lowest BCUT2D eigenvalue weighted by atomic mass is 10.1. The molecule has 0 spiro atoms. The summed E-state index contributed by atoms with van der Waals surface area (Å²) in [6.07, 6.45) is 0.103. The van der Waals surface area contributed by atoms with Gasteiger partial charge in [0.25, 0.3) is 5.91 Å². The van der Waals surface area contributed by atoms with Crippen molar-refractivity contribution in [2.45, 2.75) is 33.0 Å². The average Bonchev–Trinajstić information content (AvgIpc) is 2.45. The van der Waals surface area contributed by atoms with Gasteiger partial charge in [-0.1, -0.05) is 11.6 Å². The molecule has 4 nitrogen and oxygen atoms in total. The van der Waals surface area contributed by atoms with Crippen LogP contribution in [-0.4, -0.2) is 41.1 Å². The van der Waals surface area contributed by atoms with Crippen LogP contribution in [0.15, 0.2) is 24.3 Å². The second kappa shape index (κ2) is 5.86. The van der Waals surface area contributed by atoms with Gasteiger partial charge >= 0.3 is 0 Å². The first-order valence-corrected chi connectivity index (χ1v) is 7.83. The Morgan fingerprint density at radius 1 is 1.27 bits per heavy atom. The second-order valence-electron chi connectivity index (χ2n) is 5.93. The highest BCUT2D eigenvalue weighted by Crippen LogP contribution is 2.22. The molecule has 0 unspecified atom stereocenters. The summed E-state index contributed by atoms with van der Waals surface area (Å²) in [5.74, 6) is 0.00822. The highest BCUT2D eigenvalue weighted by molar-refractivity contribution is 6.31. The molecular formula is C17H19ClN2O2. The molecule has 1 aliphatic heterocycles. The van der Waals surface area contributed by atoms with Crippen LogP contribution < -0.4 is 0 Å². The summed E-state index contributed by atoms with van der Waals surface area (Å²) in [6.45, 7) is 7.06. The summed E-state index contributed by atoms with van der Waals surface area (Å²) in [6, 6.07) is 7.41. The van der Waals surface area contributed by atoms with E-state index in [0.29, 0.717) is 23.7 Å². The molecule has 1 aliphatic rings. The molecule has 1 aromatic carbocycles. The minimum absolute atomic E-state index is 0.00822. The highest BCUT2D eigenvalue weighted by Gasteiger charge is 2.27. The van der Waals surface area contributed by atoms with Crippen LogP contribution in [-0.2, 0) is 4.74 Å². The van der Waals surface area contributed by atoms with Crippen LogP contribution in [0.5, 0.6) is 0 Å². The summed E-state index contributed by atoms with van der Waals surface area (Å²) in [7, 11) is 0. The van der Waals surface area contributed by atoms with Crippen LogP contribution in [0.4, 0.5) is 0 Å². The topological polar surface area (TPSA) is 42.4 Å². The van der Waals surface area contributed by atoms with Crippen molar-refractivity contribution in [3.8, 4) is 0 Å². The maximum atomic E-state index is 12.8. The van der Waals surface area contributed by atoms with Crippen LogP contribution in [0.2, 0.25) is 5.02 Å². The molecule has 2 heterocycles. The van der Waals surface area contributed by atoms with E-state index >= 15 is 0 Å². The van der Waals surface area contributed by atoms with Gasteiger partial charge in [-0.15, -0.1) is 0 Å². The Bertz CT molecular complexity index is 722. The normalized spacial score (nSPS) is 22.1. The predicted octanol–water partition coefficient (Wildman–Crippen LogP) is 3.45. The number of fused-ring (bicyclic) bond motifs is 1. The lowest BCUT2D eigenvalue weighted by Crippen LogP contribution is -2.48. The van der Waals surface area contributed by atoms with Crippen LogP contribution >= 0.6 is 11.6 Å². The summed E-state index contributed by atoms with van der Waals surface area (Å²) in [5, 5.41) is 1.53. The summed E-state index contributed by atoms with van der Waals surface area (Å²) >= 11 is 6.04. The molecule has 0 aliphatic carbocycles. The number of aromatic nitrogens is 1. The van der Waals surface area contributed by atoms with Gasteiger partial charge in [-0.25, -0.2) is 0 Å². The van der Waals surface area contributed by atoms with Gasteiger partial charge in [0.05, 0.1) is 29.0 Å². The van der Waals surface area contributed by atoms with E-state index in [0.717, 1.165) is 16.6 Å². The zero-order valence-corrected chi connectivity index (χ0v) is 13.7. The van der Waals surface area contributed by atoms with E-state index in [4.69, 9.17) is 16.3 Å². The summed E-state index contributed by atoms with van der Waals surface area (Å²) < 4.78 is 5.69. The lowest BCUT2D eigenvalue weighted by Gasteiger charge is -2.35. The quantitative estimate of drug-likeness (QED) is 0.809. The van der Waals surface area contributed by atoms with E-state index in [1.807, 2.05) is 49.9 Å². The van der Waals surface area contributed by atoms with Crippen molar-refractivity contribution < 1.29 is 9.53 Å². The second-order valence-corrected chi connectivity index (χ2v) is 6.36. The van der Waals surface area contributed by atoms with Gasteiger partial charge in [-0.2, -0.15) is 0 Å². The fourth-order valence-electron chi connectivity index (χ4n) is 2.97. The zero-order valence-electron chi connectivity index (χ0n) is 13.0. The van der Waals surface area contributed by atoms with Crippen molar-refractivity contribution in [3.63, 3.8) is 0 Å². The number of morpholine rings is 1. The molecule has 2 aromatic rings. The van der Waals surface area contributed by atoms with Crippen molar-refractivity contribution in [2.24, 2.45) is 0 Å². The first-order chi connectivity index (χ1) is 10.4. The van der Waals surface area contributed by atoms with Gasteiger partial charge in [0.15, 0.2) is 0 Å². The molecule has 1 amide bonds. The number of nitrogens with zero attached hydrogens (tertiary/aromatic N) is 2. The van der Waals surface area contributed by atoms with Gasteiger partial charge in [-0.05, 0) is 45.0 Å². The number of pyridine rings is 1. The molecule has 0 bridgehead atoms.